The second-order valence-corrected chi connectivity index (χ2v) is 6.09. The lowest BCUT2D eigenvalue weighted by molar-refractivity contribution is -0.131. The fraction of sp³-hybridized carbons (Fsp3) is 0.929. The average Bonchev–Trinajstić information content (AvgIpc) is 2.39. The number of carbonyl (C=O) groups is 1. The van der Waals surface area contributed by atoms with Crippen LogP contribution in [0.25, 0.3) is 0 Å². The summed E-state index contributed by atoms with van der Waals surface area (Å²) in [4.78, 5) is 18.7. The number of likely N-dealkylation sites (N-methyl/N-ethyl adjacent to an activating group) is 1. The number of piperazine rings is 1. The zero-order chi connectivity index (χ0) is 13.7. The molecule has 0 spiro atoms. The monoisotopic (exact) mass is 268 g/mol. The van der Waals surface area contributed by atoms with Crippen LogP contribution in [-0.2, 0) is 4.79 Å². The van der Waals surface area contributed by atoms with E-state index in [9.17, 15) is 4.79 Å². The summed E-state index contributed by atoms with van der Waals surface area (Å²) in [6.45, 7) is 7.62. The summed E-state index contributed by atoms with van der Waals surface area (Å²) < 4.78 is 0. The highest BCUT2D eigenvalue weighted by molar-refractivity contribution is 5.78. The molecule has 5 nitrogen and oxygen atoms in total. The standard InChI is InChI=1S/C14H28N4O/c1-16-6-8-18(9-7-16)14(19)11-15-10-13-4-3-5-17(2)12-13/h13,15H,3-12H2,1-2H3. The summed E-state index contributed by atoms with van der Waals surface area (Å²) >= 11 is 0. The SMILES string of the molecule is CN1CCN(C(=O)CNCC2CCCN(C)C2)CC1. The second-order valence-electron chi connectivity index (χ2n) is 6.09. The molecule has 0 aromatic carbocycles. The van der Waals surface area contributed by atoms with Crippen LogP contribution in [0.4, 0.5) is 0 Å². The lowest BCUT2D eigenvalue weighted by Gasteiger charge is -2.33. The van der Waals surface area contributed by atoms with Crippen molar-refractivity contribution in [2.24, 2.45) is 5.92 Å². The number of rotatable bonds is 4. The molecule has 1 amide bonds. The molecule has 0 saturated carbocycles. The van der Waals surface area contributed by atoms with Crippen LogP contribution in [0, 0.1) is 5.92 Å². The third-order valence-corrected chi connectivity index (χ3v) is 4.29. The molecule has 110 valence electrons. The molecule has 0 radical (unpaired) electrons. The first-order chi connectivity index (χ1) is 9.15. The van der Waals surface area contributed by atoms with E-state index in [-0.39, 0.29) is 5.91 Å². The molecule has 1 atom stereocenters. The van der Waals surface area contributed by atoms with Crippen LogP contribution in [-0.4, -0.2) is 87.1 Å². The van der Waals surface area contributed by atoms with Gasteiger partial charge in [-0.2, -0.15) is 0 Å². The number of hydrogen-bond acceptors (Lipinski definition) is 4. The number of carbonyl (C=O) groups excluding carboxylic acids is 1. The molecule has 0 aromatic rings. The van der Waals surface area contributed by atoms with E-state index in [1.54, 1.807) is 0 Å². The zero-order valence-corrected chi connectivity index (χ0v) is 12.4. The van der Waals surface area contributed by atoms with Crippen LogP contribution in [0.1, 0.15) is 12.8 Å². The van der Waals surface area contributed by atoms with Crippen molar-refractivity contribution >= 4 is 5.91 Å². The fourth-order valence-electron chi connectivity index (χ4n) is 2.99. The minimum Gasteiger partial charge on any atom is -0.339 e. The van der Waals surface area contributed by atoms with E-state index in [1.807, 2.05) is 4.90 Å². The quantitative estimate of drug-likeness (QED) is 0.759. The topological polar surface area (TPSA) is 38.8 Å². The van der Waals surface area contributed by atoms with Gasteiger partial charge < -0.3 is 20.0 Å². The molecule has 2 aliphatic heterocycles. The number of likely N-dealkylation sites (tertiary alicyclic amines) is 1. The first kappa shape index (κ1) is 14.8. The maximum absolute atomic E-state index is 12.0. The summed E-state index contributed by atoms with van der Waals surface area (Å²) in [5.41, 5.74) is 0. The Balaban J connectivity index is 1.61. The normalized spacial score (nSPS) is 26.6. The van der Waals surface area contributed by atoms with Crippen LogP contribution in [0.3, 0.4) is 0 Å². The molecule has 2 heterocycles. The smallest absolute Gasteiger partial charge is 0.236 e. The van der Waals surface area contributed by atoms with Crippen molar-refractivity contribution in [3.8, 4) is 0 Å². The highest BCUT2D eigenvalue weighted by Crippen LogP contribution is 2.13. The molecule has 2 saturated heterocycles. The van der Waals surface area contributed by atoms with Gasteiger partial charge in [0.25, 0.3) is 0 Å². The molecule has 2 rings (SSSR count). The van der Waals surface area contributed by atoms with Gasteiger partial charge in [0.05, 0.1) is 6.54 Å². The summed E-state index contributed by atoms with van der Waals surface area (Å²) in [7, 11) is 4.29. The second kappa shape index (κ2) is 7.22. The van der Waals surface area contributed by atoms with Gasteiger partial charge in [0.15, 0.2) is 0 Å². The van der Waals surface area contributed by atoms with E-state index in [4.69, 9.17) is 0 Å². The van der Waals surface area contributed by atoms with Gasteiger partial charge >= 0.3 is 0 Å². The molecule has 2 fully saturated rings. The van der Waals surface area contributed by atoms with Crippen molar-refractivity contribution in [3.05, 3.63) is 0 Å². The third-order valence-electron chi connectivity index (χ3n) is 4.29. The maximum Gasteiger partial charge on any atom is 0.236 e. The first-order valence-corrected chi connectivity index (χ1v) is 7.50. The molecule has 1 N–H and O–H groups in total. The minimum absolute atomic E-state index is 0.261. The van der Waals surface area contributed by atoms with E-state index in [0.717, 1.165) is 39.3 Å². The molecular weight excluding hydrogens is 240 g/mol. The zero-order valence-electron chi connectivity index (χ0n) is 12.4. The largest absolute Gasteiger partial charge is 0.339 e. The van der Waals surface area contributed by atoms with E-state index in [1.165, 1.54) is 19.4 Å². The fourth-order valence-corrected chi connectivity index (χ4v) is 2.99. The van der Waals surface area contributed by atoms with Gasteiger partial charge in [-0.05, 0) is 45.9 Å². The Labute approximate surface area is 116 Å². The van der Waals surface area contributed by atoms with Crippen molar-refractivity contribution in [2.75, 3.05) is 66.5 Å². The van der Waals surface area contributed by atoms with Crippen LogP contribution in [0.15, 0.2) is 0 Å². The van der Waals surface area contributed by atoms with E-state index in [2.05, 4.69) is 29.2 Å². The molecule has 0 aliphatic carbocycles. The Kier molecular flexibility index (Phi) is 5.60. The Morgan fingerprint density at radius 1 is 1.11 bits per heavy atom. The van der Waals surface area contributed by atoms with Gasteiger partial charge in [0, 0.05) is 32.7 Å². The van der Waals surface area contributed by atoms with Crippen LogP contribution in [0.5, 0.6) is 0 Å². The Hall–Kier alpha value is -0.650. The summed E-state index contributed by atoms with van der Waals surface area (Å²) in [5, 5.41) is 3.35. The Morgan fingerprint density at radius 2 is 1.84 bits per heavy atom. The van der Waals surface area contributed by atoms with Crippen molar-refractivity contribution in [1.82, 2.24) is 20.0 Å². The lowest BCUT2D eigenvalue weighted by Crippen LogP contribution is -2.50. The van der Waals surface area contributed by atoms with Crippen LogP contribution >= 0.6 is 0 Å². The van der Waals surface area contributed by atoms with Crippen LogP contribution < -0.4 is 5.32 Å². The maximum atomic E-state index is 12.0. The third kappa shape index (κ3) is 4.75. The molecule has 0 bridgehead atoms. The molecule has 2 aliphatic rings. The van der Waals surface area contributed by atoms with Gasteiger partial charge in [-0.25, -0.2) is 0 Å². The Morgan fingerprint density at radius 3 is 2.53 bits per heavy atom. The van der Waals surface area contributed by atoms with Crippen molar-refractivity contribution in [2.45, 2.75) is 12.8 Å². The summed E-state index contributed by atoms with van der Waals surface area (Å²) in [6.07, 6.45) is 2.58. The van der Waals surface area contributed by atoms with E-state index >= 15 is 0 Å². The average molecular weight is 268 g/mol. The van der Waals surface area contributed by atoms with Gasteiger partial charge in [-0.3, -0.25) is 4.79 Å². The molecule has 19 heavy (non-hydrogen) atoms. The number of nitrogens with one attached hydrogen (secondary N) is 1. The number of hydrogen-bond donors (Lipinski definition) is 1. The number of piperidine rings is 1. The van der Waals surface area contributed by atoms with E-state index < -0.39 is 0 Å². The lowest BCUT2D eigenvalue weighted by atomic mass is 9.98. The first-order valence-electron chi connectivity index (χ1n) is 7.50. The predicted octanol–water partition coefficient (Wildman–Crippen LogP) is -0.308. The highest BCUT2D eigenvalue weighted by atomic mass is 16.2. The Bertz CT molecular complexity index is 289. The van der Waals surface area contributed by atoms with Crippen LogP contribution in [0.2, 0.25) is 0 Å². The van der Waals surface area contributed by atoms with Crippen molar-refractivity contribution in [1.29, 1.82) is 0 Å². The molecule has 5 heteroatoms. The van der Waals surface area contributed by atoms with Gasteiger partial charge in [-0.15, -0.1) is 0 Å². The van der Waals surface area contributed by atoms with Crippen molar-refractivity contribution in [3.63, 3.8) is 0 Å². The van der Waals surface area contributed by atoms with E-state index in [0.29, 0.717) is 12.5 Å². The van der Waals surface area contributed by atoms with Gasteiger partial charge in [-0.1, -0.05) is 0 Å². The highest BCUT2D eigenvalue weighted by Gasteiger charge is 2.20. The predicted molar refractivity (Wildman–Crippen MR) is 77.2 cm³/mol. The van der Waals surface area contributed by atoms with Crippen molar-refractivity contribution < 1.29 is 4.79 Å². The molecular formula is C14H28N4O. The van der Waals surface area contributed by atoms with Gasteiger partial charge in [0.2, 0.25) is 5.91 Å². The summed E-state index contributed by atoms with van der Waals surface area (Å²) in [5.74, 6) is 0.969. The minimum atomic E-state index is 0.261. The number of nitrogens with zero attached hydrogens (tertiary/aromatic N) is 3. The summed E-state index contributed by atoms with van der Waals surface area (Å²) in [6, 6.07) is 0. The molecule has 1 unspecified atom stereocenters. The van der Waals surface area contributed by atoms with Gasteiger partial charge in [0.1, 0.15) is 0 Å². The number of amides is 1. The molecule has 0 aromatic heterocycles.